The SMILES string of the molecule is CC(C)OC(=O)C(C)CNC1(c2ccccc2Cl)CCCCC1=O. The number of Topliss-reactive ketones (excluding diaryl/α,β-unsaturated/α-hetero) is 1. The molecule has 2 rings (SSSR count). The van der Waals surface area contributed by atoms with Gasteiger partial charge in [-0.15, -0.1) is 0 Å². The lowest BCUT2D eigenvalue weighted by molar-refractivity contribution is -0.152. The summed E-state index contributed by atoms with van der Waals surface area (Å²) in [5.74, 6) is -0.442. The third kappa shape index (κ3) is 4.17. The average molecular weight is 352 g/mol. The van der Waals surface area contributed by atoms with Gasteiger partial charge < -0.3 is 10.1 Å². The van der Waals surface area contributed by atoms with Crippen molar-refractivity contribution in [3.8, 4) is 0 Å². The topological polar surface area (TPSA) is 55.4 Å². The second-order valence-electron chi connectivity index (χ2n) is 6.78. The quantitative estimate of drug-likeness (QED) is 0.791. The van der Waals surface area contributed by atoms with Crippen molar-refractivity contribution in [3.05, 3.63) is 34.9 Å². The van der Waals surface area contributed by atoms with Crippen LogP contribution in [-0.4, -0.2) is 24.4 Å². The lowest BCUT2D eigenvalue weighted by Gasteiger charge is -2.38. The Morgan fingerprint density at radius 1 is 1.29 bits per heavy atom. The Hall–Kier alpha value is -1.39. The molecule has 1 saturated carbocycles. The van der Waals surface area contributed by atoms with E-state index in [0.717, 1.165) is 18.4 Å². The van der Waals surface area contributed by atoms with Crippen molar-refractivity contribution in [2.45, 2.75) is 58.1 Å². The van der Waals surface area contributed by atoms with Gasteiger partial charge in [-0.1, -0.05) is 43.1 Å². The van der Waals surface area contributed by atoms with E-state index in [1.54, 1.807) is 6.07 Å². The van der Waals surface area contributed by atoms with Crippen LogP contribution >= 0.6 is 11.6 Å². The third-order valence-electron chi connectivity index (χ3n) is 4.48. The Labute approximate surface area is 148 Å². The number of hydrogen-bond acceptors (Lipinski definition) is 4. The molecule has 2 atom stereocenters. The molecule has 1 aliphatic carbocycles. The number of halogens is 1. The number of ether oxygens (including phenoxy) is 1. The molecule has 1 aromatic rings. The third-order valence-corrected chi connectivity index (χ3v) is 4.81. The van der Waals surface area contributed by atoms with Crippen LogP contribution in [0.25, 0.3) is 0 Å². The number of rotatable bonds is 6. The van der Waals surface area contributed by atoms with Crippen molar-refractivity contribution in [2.75, 3.05) is 6.54 Å². The summed E-state index contributed by atoms with van der Waals surface area (Å²) < 4.78 is 5.25. The minimum absolute atomic E-state index is 0.145. The monoisotopic (exact) mass is 351 g/mol. The summed E-state index contributed by atoms with van der Waals surface area (Å²) in [4.78, 5) is 24.8. The number of carbonyl (C=O) groups is 2. The molecule has 0 saturated heterocycles. The van der Waals surface area contributed by atoms with Crippen LogP contribution in [0.2, 0.25) is 5.02 Å². The summed E-state index contributed by atoms with van der Waals surface area (Å²) in [7, 11) is 0. The Kier molecular flexibility index (Phi) is 6.41. The summed E-state index contributed by atoms with van der Waals surface area (Å²) in [6, 6.07) is 7.45. The van der Waals surface area contributed by atoms with Crippen molar-refractivity contribution in [2.24, 2.45) is 5.92 Å². The minimum Gasteiger partial charge on any atom is -0.463 e. The van der Waals surface area contributed by atoms with E-state index in [1.165, 1.54) is 0 Å². The minimum atomic E-state index is -0.803. The van der Waals surface area contributed by atoms with E-state index in [4.69, 9.17) is 16.3 Å². The van der Waals surface area contributed by atoms with Gasteiger partial charge in [0.05, 0.1) is 12.0 Å². The van der Waals surface area contributed by atoms with Crippen LogP contribution < -0.4 is 5.32 Å². The van der Waals surface area contributed by atoms with E-state index in [1.807, 2.05) is 39.0 Å². The van der Waals surface area contributed by atoms with Crippen molar-refractivity contribution >= 4 is 23.4 Å². The summed E-state index contributed by atoms with van der Waals surface area (Å²) in [5.41, 5.74) is 0.00368. The van der Waals surface area contributed by atoms with E-state index in [2.05, 4.69) is 5.32 Å². The zero-order valence-electron chi connectivity index (χ0n) is 14.6. The first-order valence-corrected chi connectivity index (χ1v) is 8.98. The zero-order chi connectivity index (χ0) is 17.7. The van der Waals surface area contributed by atoms with Gasteiger partial charge in [-0.2, -0.15) is 0 Å². The highest BCUT2D eigenvalue weighted by molar-refractivity contribution is 6.31. The summed E-state index contributed by atoms with van der Waals surface area (Å²) in [5, 5.41) is 3.94. The maximum absolute atomic E-state index is 12.8. The molecule has 4 nitrogen and oxygen atoms in total. The number of hydrogen-bond donors (Lipinski definition) is 1. The second-order valence-corrected chi connectivity index (χ2v) is 7.19. The molecule has 0 aliphatic heterocycles. The van der Waals surface area contributed by atoms with Crippen LogP contribution in [0.15, 0.2) is 24.3 Å². The van der Waals surface area contributed by atoms with Crippen molar-refractivity contribution in [1.29, 1.82) is 0 Å². The van der Waals surface area contributed by atoms with Crippen molar-refractivity contribution in [3.63, 3.8) is 0 Å². The Morgan fingerprint density at radius 2 is 2.00 bits per heavy atom. The van der Waals surface area contributed by atoms with Gasteiger partial charge in [-0.25, -0.2) is 0 Å². The van der Waals surface area contributed by atoms with Crippen LogP contribution in [0.4, 0.5) is 0 Å². The standard InChI is InChI=1S/C19H26ClNO3/c1-13(2)24-18(23)14(3)12-21-19(11-7-6-10-17(19)22)15-8-4-5-9-16(15)20/h4-5,8-9,13-14,21H,6-7,10-12H2,1-3H3. The molecule has 1 N–H and O–H groups in total. The molecule has 2 unspecified atom stereocenters. The number of esters is 1. The first-order chi connectivity index (χ1) is 11.4. The van der Waals surface area contributed by atoms with Crippen LogP contribution in [0, 0.1) is 5.92 Å². The smallest absolute Gasteiger partial charge is 0.310 e. The number of carbonyl (C=O) groups excluding carboxylic acids is 2. The van der Waals surface area contributed by atoms with Gasteiger partial charge in [-0.05, 0) is 38.3 Å². The summed E-state index contributed by atoms with van der Waals surface area (Å²) in [6.07, 6.45) is 2.94. The fourth-order valence-corrected chi connectivity index (χ4v) is 3.46. The van der Waals surface area contributed by atoms with E-state index in [0.29, 0.717) is 24.4 Å². The number of nitrogens with one attached hydrogen (secondary N) is 1. The molecule has 0 heterocycles. The summed E-state index contributed by atoms with van der Waals surface area (Å²) >= 11 is 6.38. The molecule has 5 heteroatoms. The lowest BCUT2D eigenvalue weighted by Crippen LogP contribution is -2.53. The van der Waals surface area contributed by atoms with Crippen LogP contribution in [-0.2, 0) is 19.9 Å². The van der Waals surface area contributed by atoms with E-state index in [9.17, 15) is 9.59 Å². The second kappa shape index (κ2) is 8.13. The number of benzene rings is 1. The number of ketones is 1. The highest BCUT2D eigenvalue weighted by atomic mass is 35.5. The molecule has 0 bridgehead atoms. The maximum Gasteiger partial charge on any atom is 0.310 e. The molecule has 0 radical (unpaired) electrons. The Morgan fingerprint density at radius 3 is 2.62 bits per heavy atom. The lowest BCUT2D eigenvalue weighted by atomic mass is 9.75. The van der Waals surface area contributed by atoms with Gasteiger partial charge in [0.1, 0.15) is 5.54 Å². The van der Waals surface area contributed by atoms with Crippen molar-refractivity contribution < 1.29 is 14.3 Å². The molecule has 0 aromatic heterocycles. The first kappa shape index (κ1) is 18.9. The highest BCUT2D eigenvalue weighted by Gasteiger charge is 2.42. The molecule has 1 aromatic carbocycles. The van der Waals surface area contributed by atoms with Gasteiger partial charge in [0.2, 0.25) is 0 Å². The Balaban J connectivity index is 2.21. The predicted molar refractivity (Wildman–Crippen MR) is 95.0 cm³/mol. The molecule has 0 spiro atoms. The van der Waals surface area contributed by atoms with E-state index in [-0.39, 0.29) is 23.8 Å². The van der Waals surface area contributed by atoms with Gasteiger partial charge in [-0.3, -0.25) is 9.59 Å². The molecular weight excluding hydrogens is 326 g/mol. The highest BCUT2D eigenvalue weighted by Crippen LogP contribution is 2.38. The first-order valence-electron chi connectivity index (χ1n) is 8.60. The molecule has 132 valence electrons. The van der Waals surface area contributed by atoms with Gasteiger partial charge >= 0.3 is 5.97 Å². The van der Waals surface area contributed by atoms with Gasteiger partial charge in [0.15, 0.2) is 5.78 Å². The van der Waals surface area contributed by atoms with Gasteiger partial charge in [0.25, 0.3) is 0 Å². The van der Waals surface area contributed by atoms with Crippen LogP contribution in [0.1, 0.15) is 52.0 Å². The normalized spacial score (nSPS) is 22.5. The van der Waals surface area contributed by atoms with E-state index >= 15 is 0 Å². The van der Waals surface area contributed by atoms with E-state index < -0.39 is 5.54 Å². The molecular formula is C19H26ClNO3. The molecule has 1 fully saturated rings. The van der Waals surface area contributed by atoms with Gasteiger partial charge in [0, 0.05) is 18.0 Å². The molecule has 0 amide bonds. The zero-order valence-corrected chi connectivity index (χ0v) is 15.4. The fraction of sp³-hybridized carbons (Fsp3) is 0.579. The molecule has 24 heavy (non-hydrogen) atoms. The maximum atomic E-state index is 12.8. The average Bonchev–Trinajstić information content (AvgIpc) is 2.54. The largest absolute Gasteiger partial charge is 0.463 e. The fourth-order valence-electron chi connectivity index (χ4n) is 3.16. The molecule has 1 aliphatic rings. The Bertz CT molecular complexity index is 602. The van der Waals surface area contributed by atoms with Crippen molar-refractivity contribution in [1.82, 2.24) is 5.32 Å². The van der Waals surface area contributed by atoms with Crippen LogP contribution in [0.3, 0.4) is 0 Å². The predicted octanol–water partition coefficient (Wildman–Crippen LogP) is 3.86. The summed E-state index contributed by atoms with van der Waals surface area (Å²) in [6.45, 7) is 5.84. The van der Waals surface area contributed by atoms with Crippen LogP contribution in [0.5, 0.6) is 0 Å².